The van der Waals surface area contributed by atoms with Crippen LogP contribution in [0.2, 0.25) is 0 Å². The molecule has 2 amide bonds. The molecule has 3 aliphatic rings. The van der Waals surface area contributed by atoms with E-state index >= 15 is 0 Å². The number of carbonyl (C=O) groups is 2. The van der Waals surface area contributed by atoms with Crippen LogP contribution >= 0.6 is 27.3 Å². The first kappa shape index (κ1) is 25.6. The number of fused-ring (bicyclic) bond motifs is 5. The summed E-state index contributed by atoms with van der Waals surface area (Å²) in [4.78, 5) is 36.7. The lowest BCUT2D eigenvalue weighted by molar-refractivity contribution is -0.135. The van der Waals surface area contributed by atoms with Gasteiger partial charge in [0.25, 0.3) is 0 Å². The van der Waals surface area contributed by atoms with Gasteiger partial charge >= 0.3 is 6.09 Å². The van der Waals surface area contributed by atoms with Crippen molar-refractivity contribution in [2.45, 2.75) is 69.9 Å². The van der Waals surface area contributed by atoms with E-state index in [0.29, 0.717) is 6.54 Å². The summed E-state index contributed by atoms with van der Waals surface area (Å²) in [7, 11) is 1.31. The maximum Gasteiger partial charge on any atom is 0.407 e. The quantitative estimate of drug-likeness (QED) is 0.321. The standard InChI is InChI=1S/C29H33BrN4O3S/c1-15(2)24(33-29(36)37-3)28(35)34-12-4-5-21(34)27-31-14-20(32-27)16-6-8-17(9-7-16)25-22-18-10-11-19(13-18)23(22)26(30)38-25/h6-9,14-15,18-19,21,24H,4-5,10-13H2,1-3H3,(H,31,32)(H,33,36)/t18?,19?,21?,24-/m0/s1. The van der Waals surface area contributed by atoms with E-state index in [1.54, 1.807) is 11.1 Å². The first-order valence-corrected chi connectivity index (χ1v) is 15.1. The molecule has 0 spiro atoms. The maximum absolute atomic E-state index is 13.4. The molecule has 2 fully saturated rings. The third kappa shape index (κ3) is 4.37. The molecule has 1 saturated heterocycles. The molecule has 1 aliphatic heterocycles. The molecule has 2 aliphatic carbocycles. The predicted molar refractivity (Wildman–Crippen MR) is 152 cm³/mol. The number of alkyl carbamates (subject to hydrolysis) is 1. The zero-order valence-corrected chi connectivity index (χ0v) is 24.3. The van der Waals surface area contributed by atoms with Crippen molar-refractivity contribution in [3.8, 4) is 21.7 Å². The highest BCUT2D eigenvalue weighted by Gasteiger charge is 2.42. The largest absolute Gasteiger partial charge is 0.453 e. The summed E-state index contributed by atoms with van der Waals surface area (Å²) >= 11 is 5.73. The first-order chi connectivity index (χ1) is 18.4. The average molecular weight is 598 g/mol. The molecule has 9 heteroatoms. The number of H-pyrrole nitrogens is 1. The van der Waals surface area contributed by atoms with Crippen molar-refractivity contribution in [3.05, 3.63) is 51.2 Å². The summed E-state index contributed by atoms with van der Waals surface area (Å²) in [5.74, 6) is 2.09. The van der Waals surface area contributed by atoms with Gasteiger partial charge in [-0.1, -0.05) is 38.1 Å². The molecule has 3 heterocycles. The second-order valence-corrected chi connectivity index (χ2v) is 13.4. The molecule has 1 aromatic carbocycles. The van der Waals surface area contributed by atoms with Crippen LogP contribution in [0.25, 0.3) is 21.7 Å². The lowest BCUT2D eigenvalue weighted by atomic mass is 9.92. The molecular formula is C29H33BrN4O3S. The van der Waals surface area contributed by atoms with E-state index in [4.69, 9.17) is 4.74 Å². The van der Waals surface area contributed by atoms with Gasteiger partial charge in [-0.25, -0.2) is 9.78 Å². The number of imidazole rings is 1. The van der Waals surface area contributed by atoms with Gasteiger partial charge in [-0.05, 0) is 88.0 Å². The Kier molecular flexibility index (Phi) is 6.84. The summed E-state index contributed by atoms with van der Waals surface area (Å²) < 4.78 is 6.05. The minimum absolute atomic E-state index is 0.0612. The summed E-state index contributed by atoms with van der Waals surface area (Å²) in [6.07, 6.45) is 6.96. The Bertz CT molecular complexity index is 1360. The van der Waals surface area contributed by atoms with Crippen molar-refractivity contribution in [2.24, 2.45) is 5.92 Å². The van der Waals surface area contributed by atoms with Crippen molar-refractivity contribution in [3.63, 3.8) is 0 Å². The minimum atomic E-state index is -0.640. The van der Waals surface area contributed by atoms with Gasteiger partial charge in [-0.3, -0.25) is 4.79 Å². The molecule has 0 radical (unpaired) electrons. The van der Waals surface area contributed by atoms with Gasteiger partial charge in [-0.2, -0.15) is 0 Å². The van der Waals surface area contributed by atoms with Crippen LogP contribution in [0.15, 0.2) is 34.2 Å². The van der Waals surface area contributed by atoms with Gasteiger partial charge in [0.1, 0.15) is 11.9 Å². The van der Waals surface area contributed by atoms with E-state index in [1.165, 1.54) is 40.6 Å². The lowest BCUT2D eigenvalue weighted by Gasteiger charge is -2.30. The van der Waals surface area contributed by atoms with Crippen molar-refractivity contribution < 1.29 is 14.3 Å². The fourth-order valence-corrected chi connectivity index (χ4v) is 8.81. The van der Waals surface area contributed by atoms with Gasteiger partial charge in [-0.15, -0.1) is 11.3 Å². The van der Waals surface area contributed by atoms with E-state index < -0.39 is 12.1 Å². The molecular weight excluding hydrogens is 564 g/mol. The Balaban J connectivity index is 1.21. The van der Waals surface area contributed by atoms with Crippen LogP contribution in [0.4, 0.5) is 4.79 Å². The third-order valence-electron chi connectivity index (χ3n) is 8.48. The highest BCUT2D eigenvalue weighted by molar-refractivity contribution is 9.11. The summed E-state index contributed by atoms with van der Waals surface area (Å²) in [6, 6.07) is 7.98. The number of amides is 2. The molecule has 4 atom stereocenters. The van der Waals surface area contributed by atoms with Crippen molar-refractivity contribution in [1.82, 2.24) is 20.2 Å². The Morgan fingerprint density at radius 2 is 1.84 bits per heavy atom. The number of hydrogen-bond acceptors (Lipinski definition) is 5. The van der Waals surface area contributed by atoms with Crippen LogP contribution in [0.1, 0.15) is 80.8 Å². The van der Waals surface area contributed by atoms with Crippen LogP contribution in [-0.4, -0.2) is 46.6 Å². The molecule has 2 aromatic heterocycles. The monoisotopic (exact) mass is 596 g/mol. The average Bonchev–Trinajstić information content (AvgIpc) is 3.74. The van der Waals surface area contributed by atoms with Gasteiger partial charge in [0.15, 0.2) is 0 Å². The number of halogens is 1. The number of nitrogens with zero attached hydrogens (tertiary/aromatic N) is 2. The van der Waals surface area contributed by atoms with E-state index in [2.05, 4.69) is 55.5 Å². The molecule has 2 bridgehead atoms. The number of carbonyl (C=O) groups excluding carboxylic acids is 2. The summed E-state index contributed by atoms with van der Waals surface area (Å²) in [5, 5.41) is 2.71. The van der Waals surface area contributed by atoms with Gasteiger partial charge in [0, 0.05) is 11.4 Å². The van der Waals surface area contributed by atoms with Crippen molar-refractivity contribution in [1.29, 1.82) is 0 Å². The first-order valence-electron chi connectivity index (χ1n) is 13.5. The number of aromatic nitrogens is 2. The molecule has 38 heavy (non-hydrogen) atoms. The molecule has 7 nitrogen and oxygen atoms in total. The summed E-state index contributed by atoms with van der Waals surface area (Å²) in [6.45, 7) is 4.49. The van der Waals surface area contributed by atoms with Gasteiger partial charge < -0.3 is 19.9 Å². The number of methoxy groups -OCH3 is 1. The summed E-state index contributed by atoms with van der Waals surface area (Å²) in [5.41, 5.74) is 6.45. The number of hydrogen-bond donors (Lipinski definition) is 2. The number of ether oxygens (including phenoxy) is 1. The lowest BCUT2D eigenvalue weighted by Crippen LogP contribution is -2.51. The highest BCUT2D eigenvalue weighted by Crippen LogP contribution is 2.60. The van der Waals surface area contributed by atoms with Gasteiger partial charge in [0.05, 0.1) is 28.8 Å². The number of benzene rings is 1. The predicted octanol–water partition coefficient (Wildman–Crippen LogP) is 6.98. The fourth-order valence-electron chi connectivity index (χ4n) is 6.58. The zero-order chi connectivity index (χ0) is 26.6. The number of likely N-dealkylation sites (tertiary alicyclic amines) is 1. The topological polar surface area (TPSA) is 87.3 Å². The number of rotatable bonds is 6. The molecule has 3 aromatic rings. The van der Waals surface area contributed by atoms with E-state index in [9.17, 15) is 9.59 Å². The van der Waals surface area contributed by atoms with E-state index in [0.717, 1.165) is 41.8 Å². The molecule has 1 saturated carbocycles. The Hall–Kier alpha value is -2.65. The number of nitrogens with one attached hydrogen (secondary N) is 2. The Morgan fingerprint density at radius 1 is 1.13 bits per heavy atom. The molecule has 3 unspecified atom stereocenters. The number of thiophene rings is 1. The molecule has 2 N–H and O–H groups in total. The van der Waals surface area contributed by atoms with Crippen LogP contribution in [0.3, 0.4) is 0 Å². The van der Waals surface area contributed by atoms with Crippen LogP contribution < -0.4 is 5.32 Å². The number of aromatic amines is 1. The van der Waals surface area contributed by atoms with E-state index in [1.807, 2.05) is 36.3 Å². The van der Waals surface area contributed by atoms with Crippen LogP contribution in [0, 0.1) is 5.92 Å². The van der Waals surface area contributed by atoms with Gasteiger partial charge in [0.2, 0.25) is 5.91 Å². The fraction of sp³-hybridized carbons (Fsp3) is 0.483. The molecule has 6 rings (SSSR count). The zero-order valence-electron chi connectivity index (χ0n) is 21.9. The molecule has 200 valence electrons. The van der Waals surface area contributed by atoms with Crippen LogP contribution in [0.5, 0.6) is 0 Å². The Labute approximate surface area is 235 Å². The SMILES string of the molecule is COC(=O)N[C@H](C(=O)N1CCCC1c1ncc(-c2ccc(-c3sc(Br)c4c3C3CCC4C3)cc2)[nH]1)C(C)C. The van der Waals surface area contributed by atoms with Crippen molar-refractivity contribution in [2.75, 3.05) is 13.7 Å². The Morgan fingerprint density at radius 3 is 2.55 bits per heavy atom. The second-order valence-electron chi connectivity index (χ2n) is 11.0. The maximum atomic E-state index is 13.4. The van der Waals surface area contributed by atoms with E-state index in [-0.39, 0.29) is 17.9 Å². The van der Waals surface area contributed by atoms with Crippen molar-refractivity contribution >= 4 is 39.3 Å². The normalized spacial score (nSPS) is 22.7. The highest BCUT2D eigenvalue weighted by atomic mass is 79.9. The third-order valence-corrected chi connectivity index (χ3v) is 10.5. The smallest absolute Gasteiger partial charge is 0.407 e. The minimum Gasteiger partial charge on any atom is -0.453 e. The van der Waals surface area contributed by atoms with Crippen LogP contribution in [-0.2, 0) is 9.53 Å². The second kappa shape index (κ2) is 10.2.